The predicted molar refractivity (Wildman–Crippen MR) is 88.7 cm³/mol. The zero-order valence-electron chi connectivity index (χ0n) is 12.5. The molecule has 20 heavy (non-hydrogen) atoms. The lowest BCUT2D eigenvalue weighted by Crippen LogP contribution is -2.38. The van der Waals surface area contributed by atoms with Crippen LogP contribution in [-0.4, -0.2) is 6.04 Å². The summed E-state index contributed by atoms with van der Waals surface area (Å²) in [6.45, 7) is 4.48. The first-order valence-electron chi connectivity index (χ1n) is 7.82. The molecule has 0 heterocycles. The van der Waals surface area contributed by atoms with Gasteiger partial charge >= 0.3 is 0 Å². The van der Waals surface area contributed by atoms with Gasteiger partial charge in [0.1, 0.15) is 0 Å². The van der Waals surface area contributed by atoms with Crippen molar-refractivity contribution in [2.75, 3.05) is 0 Å². The molecule has 1 aliphatic carbocycles. The first kappa shape index (κ1) is 16.1. The highest BCUT2D eigenvalue weighted by molar-refractivity contribution is 6.35. The van der Waals surface area contributed by atoms with Gasteiger partial charge in [0, 0.05) is 22.1 Å². The number of benzene rings is 1. The number of hydrogen-bond donors (Lipinski definition) is 1. The molecule has 3 heteroatoms. The third kappa shape index (κ3) is 4.13. The minimum Gasteiger partial charge on any atom is -0.307 e. The molecule has 0 radical (unpaired) electrons. The fourth-order valence-electron chi connectivity index (χ4n) is 3.39. The van der Waals surface area contributed by atoms with Crippen molar-refractivity contribution in [2.24, 2.45) is 5.92 Å². The Hall–Kier alpha value is -0.240. The number of halogens is 2. The van der Waals surface area contributed by atoms with Crippen LogP contribution in [0.1, 0.15) is 64.0 Å². The molecule has 1 aliphatic rings. The fourth-order valence-corrected chi connectivity index (χ4v) is 3.96. The summed E-state index contributed by atoms with van der Waals surface area (Å²) >= 11 is 12.3. The van der Waals surface area contributed by atoms with Crippen LogP contribution in [0.2, 0.25) is 10.0 Å². The lowest BCUT2D eigenvalue weighted by atomic mass is 9.82. The van der Waals surface area contributed by atoms with Crippen molar-refractivity contribution < 1.29 is 0 Å². The largest absolute Gasteiger partial charge is 0.307 e. The van der Waals surface area contributed by atoms with Gasteiger partial charge in [0.2, 0.25) is 0 Å². The van der Waals surface area contributed by atoms with E-state index in [1.165, 1.54) is 38.5 Å². The van der Waals surface area contributed by atoms with Crippen molar-refractivity contribution in [3.8, 4) is 0 Å². The number of rotatable bonds is 5. The Kier molecular flexibility index (Phi) is 6.20. The van der Waals surface area contributed by atoms with Crippen LogP contribution in [0, 0.1) is 5.92 Å². The van der Waals surface area contributed by atoms with E-state index < -0.39 is 0 Å². The smallest absolute Gasteiger partial charge is 0.0468 e. The van der Waals surface area contributed by atoms with Crippen LogP contribution in [0.3, 0.4) is 0 Å². The van der Waals surface area contributed by atoms with Crippen LogP contribution in [-0.2, 0) is 0 Å². The van der Waals surface area contributed by atoms with Gasteiger partial charge in [0.25, 0.3) is 0 Å². The molecule has 0 amide bonds. The Balaban J connectivity index is 2.02. The summed E-state index contributed by atoms with van der Waals surface area (Å²) in [6.07, 6.45) is 8.10. The maximum Gasteiger partial charge on any atom is 0.0468 e. The highest BCUT2D eigenvalue weighted by Crippen LogP contribution is 2.31. The van der Waals surface area contributed by atoms with Crippen molar-refractivity contribution in [3.63, 3.8) is 0 Å². The number of nitrogens with one attached hydrogen (secondary N) is 1. The standard InChI is InChI=1S/C17H25Cl2N/c1-3-17(13-7-5-4-6-8-13)20-12(2)15-10-9-14(18)11-16(15)19/h9-13,17,20H,3-8H2,1-2H3. The molecule has 0 aliphatic heterocycles. The molecule has 1 N–H and O–H groups in total. The Morgan fingerprint density at radius 1 is 1.20 bits per heavy atom. The lowest BCUT2D eigenvalue weighted by Gasteiger charge is -2.33. The van der Waals surface area contributed by atoms with Crippen molar-refractivity contribution in [3.05, 3.63) is 33.8 Å². The highest BCUT2D eigenvalue weighted by atomic mass is 35.5. The van der Waals surface area contributed by atoms with E-state index in [1.807, 2.05) is 18.2 Å². The summed E-state index contributed by atoms with van der Waals surface area (Å²) < 4.78 is 0. The van der Waals surface area contributed by atoms with E-state index in [4.69, 9.17) is 23.2 Å². The van der Waals surface area contributed by atoms with Crippen LogP contribution in [0.25, 0.3) is 0 Å². The summed E-state index contributed by atoms with van der Waals surface area (Å²) in [5.74, 6) is 0.822. The average molecular weight is 314 g/mol. The van der Waals surface area contributed by atoms with Crippen molar-refractivity contribution in [1.82, 2.24) is 5.32 Å². The number of hydrogen-bond acceptors (Lipinski definition) is 1. The quantitative estimate of drug-likeness (QED) is 0.702. The van der Waals surface area contributed by atoms with E-state index in [9.17, 15) is 0 Å². The normalized spacial score (nSPS) is 19.8. The third-order valence-corrected chi connectivity index (χ3v) is 5.11. The Labute approximate surface area is 133 Å². The molecule has 1 nitrogen and oxygen atoms in total. The molecule has 1 aromatic carbocycles. The molecule has 2 unspecified atom stereocenters. The maximum atomic E-state index is 6.31. The van der Waals surface area contributed by atoms with Gasteiger partial charge in [-0.1, -0.05) is 55.5 Å². The summed E-state index contributed by atoms with van der Waals surface area (Å²) in [5, 5.41) is 5.24. The topological polar surface area (TPSA) is 12.0 Å². The van der Waals surface area contributed by atoms with Gasteiger partial charge in [-0.05, 0) is 49.8 Å². The van der Waals surface area contributed by atoms with Gasteiger partial charge in [-0.25, -0.2) is 0 Å². The first-order chi connectivity index (χ1) is 9.61. The molecule has 112 valence electrons. The van der Waals surface area contributed by atoms with Gasteiger partial charge in [-0.15, -0.1) is 0 Å². The summed E-state index contributed by atoms with van der Waals surface area (Å²) in [4.78, 5) is 0. The van der Waals surface area contributed by atoms with Crippen molar-refractivity contribution >= 4 is 23.2 Å². The van der Waals surface area contributed by atoms with Gasteiger partial charge in [-0.2, -0.15) is 0 Å². The molecular weight excluding hydrogens is 289 g/mol. The minimum absolute atomic E-state index is 0.270. The van der Waals surface area contributed by atoms with E-state index in [2.05, 4.69) is 19.2 Å². The molecule has 1 saturated carbocycles. The zero-order chi connectivity index (χ0) is 14.5. The predicted octanol–water partition coefficient (Wildman–Crippen LogP) is 6.00. The van der Waals surface area contributed by atoms with Gasteiger partial charge in [-0.3, -0.25) is 0 Å². The average Bonchev–Trinajstić information content (AvgIpc) is 2.45. The van der Waals surface area contributed by atoms with Crippen LogP contribution in [0.5, 0.6) is 0 Å². The minimum atomic E-state index is 0.270. The van der Waals surface area contributed by atoms with E-state index >= 15 is 0 Å². The molecule has 1 fully saturated rings. The first-order valence-corrected chi connectivity index (χ1v) is 8.58. The molecule has 2 atom stereocenters. The van der Waals surface area contributed by atoms with Crippen molar-refractivity contribution in [1.29, 1.82) is 0 Å². The monoisotopic (exact) mass is 313 g/mol. The highest BCUT2D eigenvalue weighted by Gasteiger charge is 2.24. The SMILES string of the molecule is CCC(NC(C)c1ccc(Cl)cc1Cl)C1CCCCC1. The molecule has 0 aromatic heterocycles. The second-order valence-electron chi connectivity index (χ2n) is 5.97. The van der Waals surface area contributed by atoms with Gasteiger partial charge < -0.3 is 5.32 Å². The molecule has 0 bridgehead atoms. The summed E-state index contributed by atoms with van der Waals surface area (Å²) in [6, 6.07) is 6.65. The van der Waals surface area contributed by atoms with E-state index in [-0.39, 0.29) is 6.04 Å². The van der Waals surface area contributed by atoms with Crippen LogP contribution >= 0.6 is 23.2 Å². The fraction of sp³-hybridized carbons (Fsp3) is 0.647. The van der Waals surface area contributed by atoms with E-state index in [1.54, 1.807) is 0 Å². The molecule has 1 aromatic rings. The van der Waals surface area contributed by atoms with Crippen LogP contribution in [0.15, 0.2) is 18.2 Å². The van der Waals surface area contributed by atoms with Crippen molar-refractivity contribution in [2.45, 2.75) is 64.5 Å². The Bertz CT molecular complexity index is 427. The molecular formula is C17H25Cl2N. The van der Waals surface area contributed by atoms with Gasteiger partial charge in [0.05, 0.1) is 0 Å². The third-order valence-electron chi connectivity index (χ3n) is 4.55. The second kappa shape index (κ2) is 7.68. The van der Waals surface area contributed by atoms with Crippen LogP contribution < -0.4 is 5.32 Å². The maximum absolute atomic E-state index is 6.31. The summed E-state index contributed by atoms with van der Waals surface area (Å²) in [7, 11) is 0. The Morgan fingerprint density at radius 2 is 1.90 bits per heavy atom. The van der Waals surface area contributed by atoms with Crippen LogP contribution in [0.4, 0.5) is 0 Å². The molecule has 0 spiro atoms. The Morgan fingerprint density at radius 3 is 2.50 bits per heavy atom. The molecule has 0 saturated heterocycles. The molecule has 2 rings (SSSR count). The van der Waals surface area contributed by atoms with E-state index in [0.29, 0.717) is 11.1 Å². The lowest BCUT2D eigenvalue weighted by molar-refractivity contribution is 0.249. The van der Waals surface area contributed by atoms with Gasteiger partial charge in [0.15, 0.2) is 0 Å². The van der Waals surface area contributed by atoms with E-state index in [0.717, 1.165) is 16.5 Å². The zero-order valence-corrected chi connectivity index (χ0v) is 14.0. The second-order valence-corrected chi connectivity index (χ2v) is 6.81. The summed E-state index contributed by atoms with van der Waals surface area (Å²) in [5.41, 5.74) is 1.14.